The number of carbonyl (C=O) groups is 1. The van der Waals surface area contributed by atoms with Crippen LogP contribution in [0.3, 0.4) is 0 Å². The minimum absolute atomic E-state index is 0.108. The summed E-state index contributed by atoms with van der Waals surface area (Å²) in [6.45, 7) is 3.65. The molecule has 1 rings (SSSR count). The summed E-state index contributed by atoms with van der Waals surface area (Å²) in [6.07, 6.45) is 4.96. The molecule has 0 aromatic heterocycles. The Morgan fingerprint density at radius 3 is 2.69 bits per heavy atom. The molecule has 0 aliphatic carbocycles. The van der Waals surface area contributed by atoms with E-state index in [2.05, 4.69) is 0 Å². The molecule has 0 saturated carbocycles. The fourth-order valence-corrected chi connectivity index (χ4v) is 1.87. The summed E-state index contributed by atoms with van der Waals surface area (Å²) in [4.78, 5) is 20.5. The third kappa shape index (κ3) is 3.89. The van der Waals surface area contributed by atoms with E-state index in [-0.39, 0.29) is 12.2 Å². The molecule has 1 fully saturated rings. The normalized spacial score (nSPS) is 27.4. The first-order chi connectivity index (χ1) is 7.59. The zero-order valence-electron chi connectivity index (χ0n) is 9.77. The Labute approximate surface area is 95.6 Å². The fourth-order valence-electron chi connectivity index (χ4n) is 1.87. The third-order valence-corrected chi connectivity index (χ3v) is 2.51. The highest BCUT2D eigenvalue weighted by atomic mass is 16.7. The van der Waals surface area contributed by atoms with Crippen LogP contribution in [-0.2, 0) is 19.1 Å². The second-order valence-electron chi connectivity index (χ2n) is 4.37. The van der Waals surface area contributed by atoms with Crippen LogP contribution in [0.4, 0.5) is 0 Å². The summed E-state index contributed by atoms with van der Waals surface area (Å²) < 4.78 is 11.2. The van der Waals surface area contributed by atoms with Crippen molar-refractivity contribution in [3.05, 3.63) is 6.08 Å². The molecule has 2 unspecified atom stereocenters. The maximum absolute atomic E-state index is 10.3. The van der Waals surface area contributed by atoms with Gasteiger partial charge in [-0.25, -0.2) is 4.79 Å². The minimum Gasteiger partial charge on any atom is -0.344 e. The fraction of sp³-hybridized carbons (Fsp3) is 0.750. The van der Waals surface area contributed by atoms with Crippen LogP contribution in [-0.4, -0.2) is 30.2 Å². The van der Waals surface area contributed by atoms with Crippen LogP contribution in [0.15, 0.2) is 6.08 Å². The lowest BCUT2D eigenvalue weighted by atomic mass is 10.1. The number of unbranched alkanes of at least 4 members (excludes halogenated alkanes) is 2. The molecule has 1 heterocycles. The van der Waals surface area contributed by atoms with Gasteiger partial charge in [-0.2, -0.15) is 0 Å². The van der Waals surface area contributed by atoms with Gasteiger partial charge < -0.3 is 14.3 Å². The summed E-state index contributed by atoms with van der Waals surface area (Å²) in [5, 5.41) is 0. The summed E-state index contributed by atoms with van der Waals surface area (Å²) in [7, 11) is 0. The molecule has 16 heavy (non-hydrogen) atoms. The van der Waals surface area contributed by atoms with E-state index in [0.717, 1.165) is 25.5 Å². The van der Waals surface area contributed by atoms with Crippen LogP contribution < -0.4 is 0 Å². The van der Waals surface area contributed by atoms with Gasteiger partial charge in [-0.3, -0.25) is 0 Å². The first-order valence-electron chi connectivity index (χ1n) is 5.59. The van der Waals surface area contributed by atoms with Crippen LogP contribution in [0, 0.1) is 0 Å². The molecule has 0 radical (unpaired) electrons. The average molecular weight is 226 g/mol. The maximum Gasteiger partial charge on any atom is 0.164 e. The zero-order valence-corrected chi connectivity index (χ0v) is 9.77. The van der Waals surface area contributed by atoms with Crippen molar-refractivity contribution in [2.45, 2.75) is 57.5 Å². The molecule has 0 spiro atoms. The number of aldehydes is 1. The topological polar surface area (TPSA) is 52.6 Å². The van der Waals surface area contributed by atoms with Crippen molar-refractivity contribution < 1.29 is 19.1 Å². The van der Waals surface area contributed by atoms with E-state index in [1.165, 1.54) is 6.08 Å². The van der Waals surface area contributed by atoms with E-state index in [1.807, 2.05) is 13.8 Å². The van der Waals surface area contributed by atoms with Crippen molar-refractivity contribution in [3.8, 4) is 0 Å². The van der Waals surface area contributed by atoms with Crippen molar-refractivity contribution in [3.63, 3.8) is 0 Å². The number of hydrogen-bond acceptors (Lipinski definition) is 4. The maximum atomic E-state index is 10.3. The molecule has 0 N–H and O–H groups in total. The first kappa shape index (κ1) is 13.1. The van der Waals surface area contributed by atoms with E-state index in [0.29, 0.717) is 6.42 Å². The van der Waals surface area contributed by atoms with Gasteiger partial charge >= 0.3 is 0 Å². The van der Waals surface area contributed by atoms with E-state index < -0.39 is 5.79 Å². The third-order valence-electron chi connectivity index (χ3n) is 2.51. The van der Waals surface area contributed by atoms with Crippen molar-refractivity contribution in [2.75, 3.05) is 0 Å². The molecular formula is C12H18O4. The van der Waals surface area contributed by atoms with Crippen LogP contribution in [0.5, 0.6) is 0 Å². The first-order valence-corrected chi connectivity index (χ1v) is 5.59. The van der Waals surface area contributed by atoms with Crippen LogP contribution >= 0.6 is 0 Å². The van der Waals surface area contributed by atoms with E-state index in [1.54, 1.807) is 5.94 Å². The molecule has 0 bridgehead atoms. The van der Waals surface area contributed by atoms with Crippen molar-refractivity contribution in [1.82, 2.24) is 0 Å². The summed E-state index contributed by atoms with van der Waals surface area (Å²) in [6, 6.07) is 0. The van der Waals surface area contributed by atoms with Gasteiger partial charge in [0.15, 0.2) is 5.79 Å². The Morgan fingerprint density at radius 1 is 1.31 bits per heavy atom. The van der Waals surface area contributed by atoms with Gasteiger partial charge in [-0.15, -0.1) is 0 Å². The number of carbonyl (C=O) groups excluding carboxylic acids is 2. The molecular weight excluding hydrogens is 208 g/mol. The van der Waals surface area contributed by atoms with E-state index in [9.17, 15) is 9.59 Å². The quantitative estimate of drug-likeness (QED) is 0.392. The molecule has 90 valence electrons. The highest BCUT2D eigenvalue weighted by Crippen LogP contribution is 2.31. The van der Waals surface area contributed by atoms with Gasteiger partial charge in [0.25, 0.3) is 0 Å². The van der Waals surface area contributed by atoms with Crippen molar-refractivity contribution in [1.29, 1.82) is 0 Å². The highest BCUT2D eigenvalue weighted by molar-refractivity contribution is 5.49. The lowest BCUT2D eigenvalue weighted by Gasteiger charge is -2.16. The smallest absolute Gasteiger partial charge is 0.164 e. The number of rotatable bonds is 6. The number of hydrogen-bond donors (Lipinski definition) is 0. The second-order valence-corrected chi connectivity index (χ2v) is 4.37. The highest BCUT2D eigenvalue weighted by Gasteiger charge is 2.39. The second kappa shape index (κ2) is 5.94. The van der Waals surface area contributed by atoms with Gasteiger partial charge in [0.2, 0.25) is 0 Å². The van der Waals surface area contributed by atoms with Gasteiger partial charge in [0, 0.05) is 12.5 Å². The Morgan fingerprint density at radius 2 is 2.06 bits per heavy atom. The Bertz CT molecular complexity index is 279. The largest absolute Gasteiger partial charge is 0.344 e. The average Bonchev–Trinajstić information content (AvgIpc) is 2.49. The molecule has 1 saturated heterocycles. The number of ether oxygens (including phenoxy) is 2. The minimum atomic E-state index is -0.645. The summed E-state index contributed by atoms with van der Waals surface area (Å²) in [5.74, 6) is 1.10. The Balaban J connectivity index is 2.43. The Hall–Kier alpha value is -0.960. The van der Waals surface area contributed by atoms with Crippen LogP contribution in [0.2, 0.25) is 0 Å². The lowest BCUT2D eigenvalue weighted by Crippen LogP contribution is -2.21. The van der Waals surface area contributed by atoms with Gasteiger partial charge in [0.1, 0.15) is 18.3 Å². The van der Waals surface area contributed by atoms with E-state index >= 15 is 0 Å². The molecule has 0 aromatic carbocycles. The monoisotopic (exact) mass is 226 g/mol. The van der Waals surface area contributed by atoms with Gasteiger partial charge in [-0.1, -0.05) is 6.42 Å². The van der Waals surface area contributed by atoms with Crippen molar-refractivity contribution in [2.24, 2.45) is 0 Å². The SMILES string of the molecule is CC1(C)OC(C=C=O)C(CCCCC=O)O1. The standard InChI is InChI=1S/C12H18O4/c1-12(2)15-10(6-4-3-5-8-13)11(16-12)7-9-14/h7-8,10-11H,3-6H2,1-2H3. The molecule has 4 nitrogen and oxygen atoms in total. The zero-order chi connectivity index (χ0) is 12.0. The lowest BCUT2D eigenvalue weighted by molar-refractivity contribution is -0.143. The molecule has 1 aliphatic rings. The molecule has 0 amide bonds. The summed E-state index contributed by atoms with van der Waals surface area (Å²) >= 11 is 0. The predicted molar refractivity (Wildman–Crippen MR) is 58.6 cm³/mol. The summed E-state index contributed by atoms with van der Waals surface area (Å²) in [5.41, 5.74) is 0. The van der Waals surface area contributed by atoms with Crippen LogP contribution in [0.25, 0.3) is 0 Å². The molecule has 4 heteroatoms. The van der Waals surface area contributed by atoms with E-state index in [4.69, 9.17) is 9.47 Å². The van der Waals surface area contributed by atoms with Crippen LogP contribution in [0.1, 0.15) is 39.5 Å². The predicted octanol–water partition coefficient (Wildman–Crippen LogP) is 1.65. The van der Waals surface area contributed by atoms with Gasteiger partial charge in [-0.05, 0) is 26.7 Å². The molecule has 2 atom stereocenters. The van der Waals surface area contributed by atoms with Gasteiger partial charge in [0.05, 0.1) is 6.10 Å². The Kier molecular flexibility index (Phi) is 4.87. The molecule has 0 aromatic rings. The van der Waals surface area contributed by atoms with Crippen molar-refractivity contribution >= 4 is 12.2 Å². The molecule has 1 aliphatic heterocycles.